The number of halogens is 1. The molecule has 0 unspecified atom stereocenters. The van der Waals surface area contributed by atoms with Crippen LogP contribution in [0.15, 0.2) is 34.9 Å². The number of nitrogens with zero attached hydrogens (tertiary/aromatic N) is 4. The number of anilines is 1. The maximum Gasteiger partial charge on any atom is 0.228 e. The topological polar surface area (TPSA) is 66.4 Å². The number of ketones is 1. The standard InChI is InChI=1S/C22H27BrN4O2/c1-15-17(13-16(23)14-24-15)20(28)18-7-5-8-19(25-18)26-9-6-10-27(12-11-26)21(29)22(2,3)4/h5,7-8,13-14H,6,9-12H2,1-4H3. The summed E-state index contributed by atoms with van der Waals surface area (Å²) in [6.07, 6.45) is 2.55. The van der Waals surface area contributed by atoms with E-state index in [1.165, 1.54) is 0 Å². The largest absolute Gasteiger partial charge is 0.355 e. The SMILES string of the molecule is Cc1ncc(Br)cc1C(=O)c1cccc(N2CCCN(C(=O)C(C)(C)C)CC2)n1. The fourth-order valence-corrected chi connectivity index (χ4v) is 3.76. The molecule has 2 aromatic rings. The molecule has 0 aromatic carbocycles. The second-order valence-electron chi connectivity index (χ2n) is 8.38. The summed E-state index contributed by atoms with van der Waals surface area (Å²) in [5.74, 6) is 0.799. The Balaban J connectivity index is 1.78. The second kappa shape index (κ2) is 8.61. The lowest BCUT2D eigenvalue weighted by Gasteiger charge is -2.28. The summed E-state index contributed by atoms with van der Waals surface area (Å²) in [5.41, 5.74) is 1.24. The molecular weight excluding hydrogens is 432 g/mol. The first-order valence-corrected chi connectivity index (χ1v) is 10.6. The summed E-state index contributed by atoms with van der Waals surface area (Å²) in [4.78, 5) is 38.6. The van der Waals surface area contributed by atoms with Crippen molar-refractivity contribution in [1.82, 2.24) is 14.9 Å². The van der Waals surface area contributed by atoms with Gasteiger partial charge in [0.1, 0.15) is 11.5 Å². The van der Waals surface area contributed by atoms with Crippen LogP contribution in [0.3, 0.4) is 0 Å². The van der Waals surface area contributed by atoms with Gasteiger partial charge in [-0.25, -0.2) is 4.98 Å². The average molecular weight is 459 g/mol. The predicted molar refractivity (Wildman–Crippen MR) is 117 cm³/mol. The summed E-state index contributed by atoms with van der Waals surface area (Å²) in [5, 5.41) is 0. The highest BCUT2D eigenvalue weighted by molar-refractivity contribution is 9.10. The van der Waals surface area contributed by atoms with E-state index in [-0.39, 0.29) is 17.1 Å². The van der Waals surface area contributed by atoms with Crippen molar-refractivity contribution >= 4 is 33.4 Å². The molecule has 154 valence electrons. The molecule has 0 radical (unpaired) electrons. The van der Waals surface area contributed by atoms with Crippen LogP contribution < -0.4 is 4.90 Å². The van der Waals surface area contributed by atoms with Crippen molar-refractivity contribution in [3.63, 3.8) is 0 Å². The van der Waals surface area contributed by atoms with Crippen LogP contribution in [0.25, 0.3) is 0 Å². The van der Waals surface area contributed by atoms with Crippen LogP contribution in [0, 0.1) is 12.3 Å². The minimum atomic E-state index is -0.379. The van der Waals surface area contributed by atoms with Crippen LogP contribution in [0.5, 0.6) is 0 Å². The number of pyridine rings is 2. The fourth-order valence-electron chi connectivity index (χ4n) is 3.43. The molecule has 2 aromatic heterocycles. The van der Waals surface area contributed by atoms with E-state index in [9.17, 15) is 9.59 Å². The maximum atomic E-state index is 13.0. The molecule has 6 nitrogen and oxygen atoms in total. The van der Waals surface area contributed by atoms with Crippen LogP contribution in [0.2, 0.25) is 0 Å². The van der Waals surface area contributed by atoms with Gasteiger partial charge >= 0.3 is 0 Å². The zero-order valence-corrected chi connectivity index (χ0v) is 19.0. The molecule has 0 spiro atoms. The third kappa shape index (κ3) is 5.01. The molecule has 0 N–H and O–H groups in total. The third-order valence-corrected chi connectivity index (χ3v) is 5.45. The number of aromatic nitrogens is 2. The smallest absolute Gasteiger partial charge is 0.228 e. The van der Waals surface area contributed by atoms with E-state index in [4.69, 9.17) is 0 Å². The van der Waals surface area contributed by atoms with Crippen molar-refractivity contribution in [3.05, 3.63) is 51.9 Å². The first-order valence-electron chi connectivity index (χ1n) is 9.85. The van der Waals surface area contributed by atoms with E-state index in [0.29, 0.717) is 30.0 Å². The van der Waals surface area contributed by atoms with Gasteiger partial charge in [0.15, 0.2) is 0 Å². The van der Waals surface area contributed by atoms with E-state index in [1.807, 2.05) is 44.7 Å². The quantitative estimate of drug-likeness (QED) is 0.653. The normalized spacial score (nSPS) is 15.2. The van der Waals surface area contributed by atoms with E-state index in [0.717, 1.165) is 29.8 Å². The monoisotopic (exact) mass is 458 g/mol. The molecule has 1 aliphatic heterocycles. The summed E-state index contributed by atoms with van der Waals surface area (Å²) in [6.45, 7) is 10.6. The summed E-state index contributed by atoms with van der Waals surface area (Å²) < 4.78 is 0.763. The highest BCUT2D eigenvalue weighted by atomic mass is 79.9. The molecule has 0 atom stereocenters. The molecule has 0 aliphatic carbocycles. The lowest BCUT2D eigenvalue weighted by molar-refractivity contribution is -0.139. The number of amides is 1. The van der Waals surface area contributed by atoms with Crippen molar-refractivity contribution in [2.24, 2.45) is 5.41 Å². The Labute approximate surface area is 180 Å². The van der Waals surface area contributed by atoms with Gasteiger partial charge < -0.3 is 9.80 Å². The van der Waals surface area contributed by atoms with E-state index in [1.54, 1.807) is 18.3 Å². The molecule has 0 saturated carbocycles. The van der Waals surface area contributed by atoms with E-state index < -0.39 is 0 Å². The van der Waals surface area contributed by atoms with Gasteiger partial charge in [0.2, 0.25) is 11.7 Å². The molecule has 1 saturated heterocycles. The molecular formula is C22H27BrN4O2. The van der Waals surface area contributed by atoms with Gasteiger partial charge in [-0.2, -0.15) is 0 Å². The van der Waals surface area contributed by atoms with Gasteiger partial charge in [0.25, 0.3) is 0 Å². The number of carbonyl (C=O) groups is 2. The Bertz CT molecular complexity index is 923. The molecule has 1 aliphatic rings. The average Bonchev–Trinajstić information content (AvgIpc) is 2.94. The lowest BCUT2D eigenvalue weighted by Crippen LogP contribution is -2.41. The molecule has 0 bridgehead atoms. The lowest BCUT2D eigenvalue weighted by atomic mass is 9.94. The Morgan fingerprint density at radius 2 is 1.86 bits per heavy atom. The summed E-state index contributed by atoms with van der Waals surface area (Å²) >= 11 is 3.38. The van der Waals surface area contributed by atoms with Crippen LogP contribution in [-0.2, 0) is 4.79 Å². The zero-order chi connectivity index (χ0) is 21.2. The number of aryl methyl sites for hydroxylation is 1. The Kier molecular flexibility index (Phi) is 6.36. The van der Waals surface area contributed by atoms with Crippen LogP contribution >= 0.6 is 15.9 Å². The minimum absolute atomic E-state index is 0.141. The second-order valence-corrected chi connectivity index (χ2v) is 9.30. The van der Waals surface area contributed by atoms with Crippen molar-refractivity contribution in [2.75, 3.05) is 31.1 Å². The third-order valence-electron chi connectivity index (χ3n) is 5.01. The van der Waals surface area contributed by atoms with Gasteiger partial charge in [0, 0.05) is 53.5 Å². The number of hydrogen-bond donors (Lipinski definition) is 0. The molecule has 1 amide bonds. The Morgan fingerprint density at radius 3 is 2.59 bits per heavy atom. The van der Waals surface area contributed by atoms with Gasteiger partial charge in [-0.15, -0.1) is 0 Å². The molecule has 3 heterocycles. The first-order chi connectivity index (χ1) is 13.7. The van der Waals surface area contributed by atoms with Crippen LogP contribution in [0.4, 0.5) is 5.82 Å². The zero-order valence-electron chi connectivity index (χ0n) is 17.4. The maximum absolute atomic E-state index is 13.0. The Morgan fingerprint density at radius 1 is 1.10 bits per heavy atom. The number of hydrogen-bond acceptors (Lipinski definition) is 5. The van der Waals surface area contributed by atoms with Crippen LogP contribution in [-0.4, -0.2) is 52.7 Å². The number of carbonyl (C=O) groups excluding carboxylic acids is 2. The molecule has 7 heteroatoms. The van der Waals surface area contributed by atoms with Gasteiger partial charge in [0.05, 0.1) is 0 Å². The van der Waals surface area contributed by atoms with Crippen molar-refractivity contribution in [3.8, 4) is 0 Å². The molecule has 29 heavy (non-hydrogen) atoms. The van der Waals surface area contributed by atoms with E-state index in [2.05, 4.69) is 30.8 Å². The van der Waals surface area contributed by atoms with Gasteiger partial charge in [-0.1, -0.05) is 26.8 Å². The van der Waals surface area contributed by atoms with Crippen molar-refractivity contribution in [1.29, 1.82) is 0 Å². The Hall–Kier alpha value is -2.28. The predicted octanol–water partition coefficient (Wildman–Crippen LogP) is 3.86. The van der Waals surface area contributed by atoms with Crippen molar-refractivity contribution < 1.29 is 9.59 Å². The highest BCUT2D eigenvalue weighted by Gasteiger charge is 2.29. The van der Waals surface area contributed by atoms with Crippen molar-refractivity contribution in [2.45, 2.75) is 34.1 Å². The fraction of sp³-hybridized carbons (Fsp3) is 0.455. The molecule has 3 rings (SSSR count). The first kappa shape index (κ1) is 21.4. The van der Waals surface area contributed by atoms with Crippen LogP contribution in [0.1, 0.15) is 48.9 Å². The van der Waals surface area contributed by atoms with E-state index >= 15 is 0 Å². The molecule has 1 fully saturated rings. The highest BCUT2D eigenvalue weighted by Crippen LogP contribution is 2.22. The summed E-state index contributed by atoms with van der Waals surface area (Å²) in [7, 11) is 0. The summed E-state index contributed by atoms with van der Waals surface area (Å²) in [6, 6.07) is 7.30. The minimum Gasteiger partial charge on any atom is -0.355 e. The van der Waals surface area contributed by atoms with Gasteiger partial charge in [-0.05, 0) is 47.5 Å². The number of rotatable bonds is 3. The van der Waals surface area contributed by atoms with Gasteiger partial charge in [-0.3, -0.25) is 14.6 Å².